The third-order valence-corrected chi connectivity index (χ3v) is 2.77. The van der Waals surface area contributed by atoms with Gasteiger partial charge in [-0.05, 0) is 18.9 Å². The third kappa shape index (κ3) is 4.27. The molecule has 1 aromatic heterocycles. The van der Waals surface area contributed by atoms with Gasteiger partial charge in [-0.25, -0.2) is 4.98 Å². The Morgan fingerprint density at radius 1 is 1.39 bits per heavy atom. The Balaban J connectivity index is 2.98. The summed E-state index contributed by atoms with van der Waals surface area (Å²) in [5, 5.41) is 0. The molecule has 0 aliphatic heterocycles. The molecule has 102 valence electrons. The summed E-state index contributed by atoms with van der Waals surface area (Å²) >= 11 is 0. The lowest BCUT2D eigenvalue weighted by Gasteiger charge is -2.27. The lowest BCUT2D eigenvalue weighted by Crippen LogP contribution is -2.33. The molecular weight excluding hydrogens is 226 g/mol. The molecule has 4 nitrogen and oxygen atoms in total. The first kappa shape index (κ1) is 14.9. The molecule has 0 amide bonds. The summed E-state index contributed by atoms with van der Waals surface area (Å²) in [6.07, 6.45) is 0. The van der Waals surface area contributed by atoms with Crippen molar-refractivity contribution in [3.63, 3.8) is 0 Å². The first-order valence-electron chi connectivity index (χ1n) is 6.49. The fourth-order valence-electron chi connectivity index (χ4n) is 1.93. The largest absolute Gasteiger partial charge is 0.383 e. The summed E-state index contributed by atoms with van der Waals surface area (Å²) in [6.45, 7) is 9.45. The Bertz CT molecular complexity index is 366. The van der Waals surface area contributed by atoms with E-state index in [2.05, 4.69) is 29.8 Å². The molecule has 0 spiro atoms. The van der Waals surface area contributed by atoms with Crippen LogP contribution in [0.2, 0.25) is 0 Å². The smallest absolute Gasteiger partial charge is 0.133 e. The topological polar surface area (TPSA) is 51.4 Å². The standard InChI is InChI=1S/C14H25N3O/c1-11(2)10-17(7-8-18-4)14-13(9-15)6-5-12(3)16-14/h5-6,11H,7-10,15H2,1-4H3. The molecule has 18 heavy (non-hydrogen) atoms. The van der Waals surface area contributed by atoms with Gasteiger partial charge in [0, 0.05) is 38.0 Å². The number of nitrogens with two attached hydrogens (primary N) is 1. The molecule has 0 aliphatic rings. The van der Waals surface area contributed by atoms with Crippen molar-refractivity contribution in [2.75, 3.05) is 31.7 Å². The van der Waals surface area contributed by atoms with Crippen LogP contribution in [0.5, 0.6) is 0 Å². The van der Waals surface area contributed by atoms with Crippen LogP contribution in [0.1, 0.15) is 25.1 Å². The number of anilines is 1. The highest BCUT2D eigenvalue weighted by Gasteiger charge is 2.13. The van der Waals surface area contributed by atoms with E-state index in [1.807, 2.05) is 13.0 Å². The van der Waals surface area contributed by atoms with Crippen molar-refractivity contribution in [1.82, 2.24) is 4.98 Å². The van der Waals surface area contributed by atoms with E-state index in [9.17, 15) is 0 Å². The van der Waals surface area contributed by atoms with E-state index in [0.717, 1.165) is 30.2 Å². The molecule has 0 unspecified atom stereocenters. The van der Waals surface area contributed by atoms with E-state index in [0.29, 0.717) is 19.1 Å². The Morgan fingerprint density at radius 2 is 2.11 bits per heavy atom. The number of hydrogen-bond donors (Lipinski definition) is 1. The number of aryl methyl sites for hydroxylation is 1. The van der Waals surface area contributed by atoms with Gasteiger partial charge in [-0.15, -0.1) is 0 Å². The number of ether oxygens (including phenoxy) is 1. The van der Waals surface area contributed by atoms with Crippen LogP contribution in [-0.4, -0.2) is 31.8 Å². The van der Waals surface area contributed by atoms with Gasteiger partial charge < -0.3 is 15.4 Å². The molecule has 2 N–H and O–H groups in total. The zero-order valence-electron chi connectivity index (χ0n) is 11.9. The van der Waals surface area contributed by atoms with Gasteiger partial charge in [0.1, 0.15) is 5.82 Å². The van der Waals surface area contributed by atoms with Gasteiger partial charge in [0.2, 0.25) is 0 Å². The van der Waals surface area contributed by atoms with E-state index < -0.39 is 0 Å². The van der Waals surface area contributed by atoms with Gasteiger partial charge in [0.15, 0.2) is 0 Å². The average molecular weight is 251 g/mol. The fraction of sp³-hybridized carbons (Fsp3) is 0.643. The minimum Gasteiger partial charge on any atom is -0.383 e. The Hall–Kier alpha value is -1.13. The summed E-state index contributed by atoms with van der Waals surface area (Å²) in [5.74, 6) is 1.58. The normalized spacial score (nSPS) is 11.0. The Labute approximate surface area is 110 Å². The highest BCUT2D eigenvalue weighted by atomic mass is 16.5. The van der Waals surface area contributed by atoms with Crippen molar-refractivity contribution >= 4 is 5.82 Å². The first-order chi connectivity index (χ1) is 8.58. The van der Waals surface area contributed by atoms with Gasteiger partial charge in [-0.2, -0.15) is 0 Å². The summed E-state index contributed by atoms with van der Waals surface area (Å²) in [7, 11) is 1.72. The zero-order chi connectivity index (χ0) is 13.5. The maximum Gasteiger partial charge on any atom is 0.133 e. The van der Waals surface area contributed by atoms with Crippen LogP contribution in [0.4, 0.5) is 5.82 Å². The lowest BCUT2D eigenvalue weighted by atomic mass is 10.1. The number of pyridine rings is 1. The number of rotatable bonds is 7. The van der Waals surface area contributed by atoms with Gasteiger partial charge in [0.25, 0.3) is 0 Å². The minimum absolute atomic E-state index is 0.518. The van der Waals surface area contributed by atoms with Crippen molar-refractivity contribution in [3.8, 4) is 0 Å². The zero-order valence-corrected chi connectivity index (χ0v) is 11.9. The van der Waals surface area contributed by atoms with Crippen molar-refractivity contribution in [1.29, 1.82) is 0 Å². The summed E-state index contributed by atoms with van der Waals surface area (Å²) in [4.78, 5) is 6.91. The molecule has 0 aliphatic carbocycles. The number of hydrogen-bond acceptors (Lipinski definition) is 4. The molecule has 0 bridgehead atoms. The second kappa shape index (κ2) is 7.34. The van der Waals surface area contributed by atoms with E-state index in [1.54, 1.807) is 7.11 Å². The van der Waals surface area contributed by atoms with Gasteiger partial charge >= 0.3 is 0 Å². The van der Waals surface area contributed by atoms with Crippen LogP contribution in [0.15, 0.2) is 12.1 Å². The predicted octanol–water partition coefficient (Wildman–Crippen LogP) is 1.96. The molecule has 0 saturated carbocycles. The van der Waals surface area contributed by atoms with Gasteiger partial charge in [0.05, 0.1) is 6.61 Å². The summed E-state index contributed by atoms with van der Waals surface area (Å²) < 4.78 is 5.18. The highest BCUT2D eigenvalue weighted by molar-refractivity contribution is 5.47. The van der Waals surface area contributed by atoms with E-state index >= 15 is 0 Å². The van der Waals surface area contributed by atoms with Crippen LogP contribution in [0.25, 0.3) is 0 Å². The SMILES string of the molecule is COCCN(CC(C)C)c1nc(C)ccc1CN. The van der Waals surface area contributed by atoms with Crippen LogP contribution in [0, 0.1) is 12.8 Å². The maximum absolute atomic E-state index is 5.80. The monoisotopic (exact) mass is 251 g/mol. The van der Waals surface area contributed by atoms with Gasteiger partial charge in [-0.1, -0.05) is 19.9 Å². The van der Waals surface area contributed by atoms with E-state index in [4.69, 9.17) is 10.5 Å². The van der Waals surface area contributed by atoms with Crippen LogP contribution >= 0.6 is 0 Å². The number of aromatic nitrogens is 1. The Morgan fingerprint density at radius 3 is 2.67 bits per heavy atom. The van der Waals surface area contributed by atoms with Crippen molar-refractivity contribution < 1.29 is 4.74 Å². The quantitative estimate of drug-likeness (QED) is 0.805. The Kier molecular flexibility index (Phi) is 6.09. The van der Waals surface area contributed by atoms with Crippen LogP contribution < -0.4 is 10.6 Å². The molecule has 0 saturated heterocycles. The van der Waals surface area contributed by atoms with E-state index in [-0.39, 0.29) is 0 Å². The third-order valence-electron chi connectivity index (χ3n) is 2.77. The molecule has 1 heterocycles. The fourth-order valence-corrected chi connectivity index (χ4v) is 1.93. The molecule has 0 atom stereocenters. The van der Waals surface area contributed by atoms with Crippen LogP contribution in [-0.2, 0) is 11.3 Å². The van der Waals surface area contributed by atoms with E-state index in [1.165, 1.54) is 0 Å². The van der Waals surface area contributed by atoms with Gasteiger partial charge in [-0.3, -0.25) is 0 Å². The van der Waals surface area contributed by atoms with Crippen LogP contribution in [0.3, 0.4) is 0 Å². The van der Waals surface area contributed by atoms with Crippen molar-refractivity contribution in [3.05, 3.63) is 23.4 Å². The number of methoxy groups -OCH3 is 1. The molecule has 0 fully saturated rings. The molecular formula is C14H25N3O. The van der Waals surface area contributed by atoms with Crippen molar-refractivity contribution in [2.24, 2.45) is 11.7 Å². The molecule has 1 rings (SSSR count). The number of nitrogens with zero attached hydrogens (tertiary/aromatic N) is 2. The highest BCUT2D eigenvalue weighted by Crippen LogP contribution is 2.19. The predicted molar refractivity (Wildman–Crippen MR) is 75.8 cm³/mol. The summed E-state index contributed by atoms with van der Waals surface area (Å²) in [5.41, 5.74) is 7.92. The molecule has 4 heteroatoms. The minimum atomic E-state index is 0.518. The average Bonchev–Trinajstić information content (AvgIpc) is 2.34. The molecule has 1 aromatic rings. The summed E-state index contributed by atoms with van der Waals surface area (Å²) in [6, 6.07) is 4.08. The lowest BCUT2D eigenvalue weighted by molar-refractivity contribution is 0.204. The second-order valence-corrected chi connectivity index (χ2v) is 4.97. The first-order valence-corrected chi connectivity index (χ1v) is 6.49. The molecule has 0 aromatic carbocycles. The second-order valence-electron chi connectivity index (χ2n) is 4.97. The van der Waals surface area contributed by atoms with Crippen molar-refractivity contribution in [2.45, 2.75) is 27.3 Å². The maximum atomic E-state index is 5.80. The molecule has 0 radical (unpaired) electrons.